The molecule has 0 saturated carbocycles. The van der Waals surface area contributed by atoms with Crippen molar-refractivity contribution in [1.82, 2.24) is 36.2 Å². The summed E-state index contributed by atoms with van der Waals surface area (Å²) < 4.78 is 25.7. The van der Waals surface area contributed by atoms with Crippen LogP contribution in [0.1, 0.15) is 48.8 Å². The highest BCUT2D eigenvalue weighted by molar-refractivity contribution is 8.01. The lowest BCUT2D eigenvalue weighted by molar-refractivity contribution is -0.169. The molecule has 3 aromatic rings. The Balaban J connectivity index is 1.25. The summed E-state index contributed by atoms with van der Waals surface area (Å²) >= 11 is 4.87. The van der Waals surface area contributed by atoms with Crippen LogP contribution in [-0.4, -0.2) is 116 Å². The molecule has 2 aliphatic heterocycles. The van der Waals surface area contributed by atoms with Gasteiger partial charge in [-0.3, -0.25) is 44.5 Å². The maximum Gasteiger partial charge on any atom is 0.511 e. The van der Waals surface area contributed by atoms with E-state index in [1.54, 1.807) is 13.8 Å². The molecule has 2 aromatic heterocycles. The van der Waals surface area contributed by atoms with E-state index in [2.05, 4.69) is 36.5 Å². The lowest BCUT2D eigenvalue weighted by Gasteiger charge is -2.49. The van der Waals surface area contributed by atoms with Gasteiger partial charge >= 0.3 is 24.1 Å². The number of esters is 3. The number of hydrogen-bond donors (Lipinski definition) is 4. The fourth-order valence-electron chi connectivity index (χ4n) is 5.11. The summed E-state index contributed by atoms with van der Waals surface area (Å²) in [5.74, 6) is -5.72. The number of aryl methyl sites for hydroxylation is 1. The van der Waals surface area contributed by atoms with Gasteiger partial charge in [-0.15, -0.1) is 33.3 Å². The van der Waals surface area contributed by atoms with Crippen molar-refractivity contribution >= 4 is 105 Å². The molecule has 3 atom stereocenters. The summed E-state index contributed by atoms with van der Waals surface area (Å²) in [7, 11) is 0. The number of carbonyl (C=O) groups excluding carboxylic acids is 8. The Hall–Kier alpha value is -6.32. The van der Waals surface area contributed by atoms with Crippen molar-refractivity contribution in [2.75, 3.05) is 30.5 Å². The molecule has 0 radical (unpaired) electrons. The lowest BCUT2D eigenvalue weighted by Crippen LogP contribution is -2.71. The highest BCUT2D eigenvalue weighted by atomic mass is 32.2. The Morgan fingerprint density at radius 2 is 1.79 bits per heavy atom. The van der Waals surface area contributed by atoms with Crippen LogP contribution in [0.4, 0.5) is 9.93 Å². The second kappa shape index (κ2) is 20.8. The Morgan fingerprint density at radius 1 is 1.05 bits per heavy atom. The summed E-state index contributed by atoms with van der Waals surface area (Å²) in [6, 6.07) is 2.38. The average molecular weight is 922 g/mol. The van der Waals surface area contributed by atoms with E-state index in [1.165, 1.54) is 64.2 Å². The number of carbonyl (C=O) groups is 8. The molecule has 61 heavy (non-hydrogen) atoms. The van der Waals surface area contributed by atoms with Gasteiger partial charge in [0.05, 0.1) is 6.61 Å². The Bertz CT molecular complexity index is 2300. The van der Waals surface area contributed by atoms with Crippen LogP contribution in [0.3, 0.4) is 0 Å². The minimum Gasteiger partial charge on any atom is -0.435 e. The van der Waals surface area contributed by atoms with Gasteiger partial charge in [-0.2, -0.15) is 0 Å². The SMILES string of the molecule is CCOC(=O)OC(C)OC(=O)C1=C(CSc2nnc(C)s2)CS[C@H]2C(NC(=O)C(=NOCC(=O)NNC(=O)c3ccc(OC(C)=O)c(OC(C)=O)c3)c3csc(N)n3)C(=O)N12. The summed E-state index contributed by atoms with van der Waals surface area (Å²) in [6.45, 7) is 6.09. The van der Waals surface area contributed by atoms with Crippen LogP contribution >= 0.6 is 46.2 Å². The van der Waals surface area contributed by atoms with E-state index in [1.807, 2.05) is 0 Å². The first-order chi connectivity index (χ1) is 29.0. The standard InChI is InChI=1S/C34H35N9O14S4/c1-6-52-34(51)57-17(5)56-31(50)26-19(12-60-33-41-38-14(2)61-33)11-58-30-25(29(49)43(26)30)37-28(48)24(20-13-59-32(35)36-20)42-53-10-23(46)39-40-27(47)18-7-8-21(54-15(3)44)22(9-18)55-16(4)45/h7-9,13,17,25,30H,6,10-12H2,1-5H3,(H2,35,36)(H,37,48)(H,39,46)(H,40,47)/t17?,25?,30-/m0/s1. The van der Waals surface area contributed by atoms with E-state index in [-0.39, 0.29) is 51.7 Å². The van der Waals surface area contributed by atoms with Crippen LogP contribution in [0.15, 0.2) is 44.3 Å². The normalized spacial score (nSPS) is 16.2. The highest BCUT2D eigenvalue weighted by Gasteiger charge is 2.55. The number of nitrogens with zero attached hydrogens (tertiary/aromatic N) is 5. The van der Waals surface area contributed by atoms with Crippen LogP contribution in [0, 0.1) is 6.92 Å². The van der Waals surface area contributed by atoms with Crippen LogP contribution < -0.4 is 31.4 Å². The number of ether oxygens (including phenoxy) is 5. The van der Waals surface area contributed by atoms with Gasteiger partial charge < -0.3 is 39.6 Å². The number of nitrogen functional groups attached to an aromatic ring is 1. The first-order valence-electron chi connectivity index (χ1n) is 17.5. The van der Waals surface area contributed by atoms with Crippen LogP contribution in [-0.2, 0) is 47.8 Å². The van der Waals surface area contributed by atoms with Crippen molar-refractivity contribution < 1.29 is 66.9 Å². The second-order valence-corrected chi connectivity index (χ2v) is 16.5. The number of nitrogens with two attached hydrogens (primary N) is 1. The fraction of sp³-hybridized carbons (Fsp3) is 0.353. The first-order valence-corrected chi connectivity index (χ1v) is 21.2. The minimum absolute atomic E-state index is 0.0242. The maximum atomic E-state index is 13.7. The third kappa shape index (κ3) is 12.1. The van der Waals surface area contributed by atoms with Gasteiger partial charge in [0.1, 0.15) is 27.8 Å². The third-order valence-corrected chi connectivity index (χ3v) is 11.6. The number of rotatable bonds is 16. The molecule has 0 bridgehead atoms. The molecule has 4 amide bonds. The molecule has 4 heterocycles. The summed E-state index contributed by atoms with van der Waals surface area (Å²) in [4.78, 5) is 111. The van der Waals surface area contributed by atoms with Crippen molar-refractivity contribution in [3.8, 4) is 11.5 Å². The van der Waals surface area contributed by atoms with Gasteiger partial charge in [0.2, 0.25) is 6.29 Å². The van der Waals surface area contributed by atoms with E-state index in [0.29, 0.717) is 9.91 Å². The number of fused-ring (bicyclic) bond motifs is 1. The van der Waals surface area contributed by atoms with E-state index in [0.717, 1.165) is 36.3 Å². The zero-order valence-electron chi connectivity index (χ0n) is 32.5. The van der Waals surface area contributed by atoms with Crippen LogP contribution in [0.2, 0.25) is 0 Å². The molecule has 2 unspecified atom stereocenters. The number of anilines is 1. The molecule has 1 fully saturated rings. The molecule has 0 spiro atoms. The monoisotopic (exact) mass is 921 g/mol. The van der Waals surface area contributed by atoms with Gasteiger partial charge in [0.25, 0.3) is 23.6 Å². The number of thiazole rings is 1. The maximum absolute atomic E-state index is 13.7. The Kier molecular flexibility index (Phi) is 15.6. The zero-order chi connectivity index (χ0) is 44.4. The van der Waals surface area contributed by atoms with Crippen molar-refractivity contribution in [3.63, 3.8) is 0 Å². The van der Waals surface area contributed by atoms with Crippen molar-refractivity contribution in [3.05, 3.63) is 51.1 Å². The minimum atomic E-state index is -1.38. The summed E-state index contributed by atoms with van der Waals surface area (Å²) in [6.07, 6.45) is -2.44. The van der Waals surface area contributed by atoms with E-state index in [9.17, 15) is 38.4 Å². The average Bonchev–Trinajstić information content (AvgIpc) is 3.83. The predicted octanol–water partition coefficient (Wildman–Crippen LogP) is 1.43. The second-order valence-electron chi connectivity index (χ2n) is 12.1. The van der Waals surface area contributed by atoms with Crippen molar-refractivity contribution in [2.45, 2.75) is 56.7 Å². The molecule has 1 aromatic carbocycles. The molecule has 1 saturated heterocycles. The topological polar surface area (TPSA) is 308 Å². The van der Waals surface area contributed by atoms with E-state index >= 15 is 0 Å². The van der Waals surface area contributed by atoms with Gasteiger partial charge in [-0.1, -0.05) is 28.3 Å². The summed E-state index contributed by atoms with van der Waals surface area (Å²) in [5.41, 5.74) is 9.80. The number of β-lactam (4-membered cyclic amide) rings is 1. The largest absolute Gasteiger partial charge is 0.511 e. The number of hydrogen-bond acceptors (Lipinski definition) is 23. The Labute approximate surface area is 361 Å². The van der Waals surface area contributed by atoms with Gasteiger partial charge in [-0.05, 0) is 37.6 Å². The molecule has 2 aliphatic rings. The first kappa shape index (κ1) is 45.8. The van der Waals surface area contributed by atoms with Gasteiger partial charge in [0.15, 0.2) is 33.3 Å². The predicted molar refractivity (Wildman–Crippen MR) is 215 cm³/mol. The van der Waals surface area contributed by atoms with Crippen molar-refractivity contribution in [1.29, 1.82) is 0 Å². The smallest absolute Gasteiger partial charge is 0.435 e. The molecular formula is C34H35N9O14S4. The number of amides is 4. The van der Waals surface area contributed by atoms with E-state index < -0.39 is 77.7 Å². The van der Waals surface area contributed by atoms with Gasteiger partial charge in [0, 0.05) is 43.2 Å². The quantitative estimate of drug-likeness (QED) is 0.0300. The third-order valence-electron chi connectivity index (χ3n) is 7.56. The fourth-order valence-corrected chi connectivity index (χ4v) is 8.96. The van der Waals surface area contributed by atoms with E-state index in [4.69, 9.17) is 34.3 Å². The van der Waals surface area contributed by atoms with Gasteiger partial charge in [-0.25, -0.2) is 14.6 Å². The lowest BCUT2D eigenvalue weighted by atomic mass is 10.0. The molecule has 23 nitrogen and oxygen atoms in total. The zero-order valence-corrected chi connectivity index (χ0v) is 35.8. The molecule has 5 rings (SSSR count). The van der Waals surface area contributed by atoms with Crippen molar-refractivity contribution in [2.24, 2.45) is 5.16 Å². The van der Waals surface area contributed by atoms with Crippen LogP contribution in [0.25, 0.3) is 0 Å². The summed E-state index contributed by atoms with van der Waals surface area (Å²) in [5, 5.41) is 15.8. The number of oxime groups is 1. The molecule has 5 N–H and O–H groups in total. The Morgan fingerprint density at radius 3 is 2.44 bits per heavy atom. The number of nitrogens with one attached hydrogen (secondary N) is 3. The molecule has 27 heteroatoms. The number of benzene rings is 1. The molecule has 324 valence electrons. The number of hydrazine groups is 1. The molecular weight excluding hydrogens is 887 g/mol. The highest BCUT2D eigenvalue weighted by Crippen LogP contribution is 2.42. The van der Waals surface area contributed by atoms with Crippen LogP contribution in [0.5, 0.6) is 11.5 Å². The number of aromatic nitrogens is 3. The molecule has 0 aliphatic carbocycles. The number of thioether (sulfide) groups is 2.